The third kappa shape index (κ3) is 2.40. The van der Waals surface area contributed by atoms with Crippen LogP contribution in [0.1, 0.15) is 32.6 Å². The molecule has 1 saturated heterocycles. The summed E-state index contributed by atoms with van der Waals surface area (Å²) in [4.78, 5) is 2.53. The van der Waals surface area contributed by atoms with E-state index in [0.29, 0.717) is 17.6 Å². The molecule has 2 atom stereocenters. The fraction of sp³-hybridized carbons (Fsp3) is 1.00. The molecule has 0 aromatic carbocycles. The zero-order valence-electron chi connectivity index (χ0n) is 9.84. The zero-order valence-corrected chi connectivity index (χ0v) is 11.4. The highest BCUT2D eigenvalue weighted by molar-refractivity contribution is 9.09. The summed E-state index contributed by atoms with van der Waals surface area (Å²) in [6.45, 7) is 4.38. The Morgan fingerprint density at radius 1 is 1.47 bits per heavy atom. The van der Waals surface area contributed by atoms with E-state index in [1.165, 1.54) is 32.2 Å². The summed E-state index contributed by atoms with van der Waals surface area (Å²) in [5, 5.41) is 1.16. The average Bonchev–Trinajstić information content (AvgIpc) is 2.58. The largest absolute Gasteiger partial charge is 0.377 e. The summed E-state index contributed by atoms with van der Waals surface area (Å²) in [6, 6.07) is 0.640. The number of hydrogen-bond donors (Lipinski definition) is 0. The molecule has 0 N–H and O–H groups in total. The molecule has 2 aliphatic rings. The van der Waals surface area contributed by atoms with E-state index < -0.39 is 0 Å². The van der Waals surface area contributed by atoms with Crippen LogP contribution in [0.15, 0.2) is 0 Å². The van der Waals surface area contributed by atoms with Crippen molar-refractivity contribution in [2.45, 2.75) is 44.8 Å². The van der Waals surface area contributed by atoms with Crippen LogP contribution >= 0.6 is 15.9 Å². The van der Waals surface area contributed by atoms with Gasteiger partial charge in [-0.05, 0) is 38.6 Å². The number of ether oxygens (including phenoxy) is 1. The van der Waals surface area contributed by atoms with Crippen molar-refractivity contribution in [3.8, 4) is 0 Å². The molecule has 1 aliphatic heterocycles. The molecule has 15 heavy (non-hydrogen) atoms. The van der Waals surface area contributed by atoms with Crippen molar-refractivity contribution >= 4 is 15.9 Å². The van der Waals surface area contributed by atoms with Gasteiger partial charge in [-0.2, -0.15) is 0 Å². The Morgan fingerprint density at radius 3 is 2.60 bits per heavy atom. The maximum Gasteiger partial charge on any atom is 0.0702 e. The van der Waals surface area contributed by atoms with Crippen LogP contribution in [0.4, 0.5) is 0 Å². The van der Waals surface area contributed by atoms with Crippen LogP contribution in [0.5, 0.6) is 0 Å². The molecule has 2 rings (SSSR count). The quantitative estimate of drug-likeness (QED) is 0.732. The van der Waals surface area contributed by atoms with E-state index in [0.717, 1.165) is 11.9 Å². The highest BCUT2D eigenvalue weighted by Crippen LogP contribution is 2.43. The number of hydrogen-bond acceptors (Lipinski definition) is 2. The van der Waals surface area contributed by atoms with Crippen LogP contribution in [0.3, 0.4) is 0 Å². The van der Waals surface area contributed by atoms with Gasteiger partial charge in [-0.25, -0.2) is 0 Å². The molecule has 1 heterocycles. The summed E-state index contributed by atoms with van der Waals surface area (Å²) in [7, 11) is 2.26. The van der Waals surface area contributed by atoms with Gasteiger partial charge < -0.3 is 9.64 Å². The first-order valence-electron chi connectivity index (χ1n) is 6.05. The van der Waals surface area contributed by atoms with Crippen molar-refractivity contribution in [3.63, 3.8) is 0 Å². The smallest absolute Gasteiger partial charge is 0.0702 e. The summed E-state index contributed by atoms with van der Waals surface area (Å²) < 4.78 is 5.63. The fourth-order valence-electron chi connectivity index (χ4n) is 2.96. The van der Waals surface area contributed by atoms with Gasteiger partial charge in [0.1, 0.15) is 0 Å². The molecule has 0 spiro atoms. The minimum atomic E-state index is 0.419. The van der Waals surface area contributed by atoms with Gasteiger partial charge in [0.15, 0.2) is 0 Å². The number of alkyl halides is 1. The Labute approximate surface area is 101 Å². The second-order valence-electron chi connectivity index (χ2n) is 5.33. The van der Waals surface area contributed by atoms with Crippen LogP contribution in [0.25, 0.3) is 0 Å². The molecule has 1 aliphatic carbocycles. The van der Waals surface area contributed by atoms with Gasteiger partial charge in [-0.3, -0.25) is 0 Å². The fourth-order valence-corrected chi connectivity index (χ4v) is 3.69. The maximum atomic E-state index is 5.63. The topological polar surface area (TPSA) is 12.5 Å². The predicted molar refractivity (Wildman–Crippen MR) is 66.5 cm³/mol. The number of nitrogens with zero attached hydrogens (tertiary/aromatic N) is 1. The van der Waals surface area contributed by atoms with Crippen molar-refractivity contribution < 1.29 is 4.74 Å². The molecular formula is C12H22BrNO. The highest BCUT2D eigenvalue weighted by Gasteiger charge is 2.39. The summed E-state index contributed by atoms with van der Waals surface area (Å²) in [5.74, 6) is 0. The predicted octanol–water partition coefficient (Wildman–Crippen LogP) is 2.66. The SMILES string of the molecule is CC1OCCC1N(C)CC1(CBr)CCC1. The summed E-state index contributed by atoms with van der Waals surface area (Å²) in [5.41, 5.74) is 0.567. The minimum Gasteiger partial charge on any atom is -0.377 e. The monoisotopic (exact) mass is 275 g/mol. The molecule has 2 nitrogen and oxygen atoms in total. The van der Waals surface area contributed by atoms with Crippen molar-refractivity contribution in [2.24, 2.45) is 5.41 Å². The molecule has 2 unspecified atom stereocenters. The molecule has 0 aromatic rings. The van der Waals surface area contributed by atoms with Crippen molar-refractivity contribution in [1.29, 1.82) is 0 Å². The first-order valence-corrected chi connectivity index (χ1v) is 7.17. The van der Waals surface area contributed by atoms with E-state index in [9.17, 15) is 0 Å². The molecular weight excluding hydrogens is 254 g/mol. The first kappa shape index (κ1) is 11.9. The van der Waals surface area contributed by atoms with Gasteiger partial charge in [-0.15, -0.1) is 0 Å². The summed E-state index contributed by atoms with van der Waals surface area (Å²) in [6.07, 6.45) is 5.82. The van der Waals surface area contributed by atoms with Crippen LogP contribution in [0.2, 0.25) is 0 Å². The van der Waals surface area contributed by atoms with Gasteiger partial charge in [0.05, 0.1) is 6.10 Å². The molecule has 0 aromatic heterocycles. The third-order valence-corrected chi connectivity index (χ3v) is 5.37. The van der Waals surface area contributed by atoms with E-state index in [2.05, 4.69) is 34.8 Å². The van der Waals surface area contributed by atoms with Gasteiger partial charge in [0.2, 0.25) is 0 Å². The van der Waals surface area contributed by atoms with Gasteiger partial charge >= 0.3 is 0 Å². The number of halogens is 1. The average molecular weight is 276 g/mol. The molecule has 0 amide bonds. The number of likely N-dealkylation sites (N-methyl/N-ethyl adjacent to an activating group) is 1. The van der Waals surface area contributed by atoms with Crippen molar-refractivity contribution in [3.05, 3.63) is 0 Å². The van der Waals surface area contributed by atoms with E-state index in [-0.39, 0.29) is 0 Å². The Kier molecular flexibility index (Phi) is 3.74. The molecule has 2 fully saturated rings. The van der Waals surface area contributed by atoms with Gasteiger partial charge in [0, 0.05) is 24.5 Å². The van der Waals surface area contributed by atoms with E-state index in [1.54, 1.807) is 0 Å². The molecule has 0 bridgehead atoms. The second kappa shape index (κ2) is 4.72. The zero-order chi connectivity index (χ0) is 10.9. The molecule has 3 heteroatoms. The van der Waals surface area contributed by atoms with Crippen LogP contribution in [0, 0.1) is 5.41 Å². The lowest BCUT2D eigenvalue weighted by Gasteiger charge is -2.44. The normalized spacial score (nSPS) is 34.4. The lowest BCUT2D eigenvalue weighted by molar-refractivity contribution is 0.0449. The molecule has 1 saturated carbocycles. The number of rotatable bonds is 4. The lowest BCUT2D eigenvalue weighted by Crippen LogP contribution is -2.47. The Morgan fingerprint density at radius 2 is 2.20 bits per heavy atom. The molecule has 0 radical (unpaired) electrons. The van der Waals surface area contributed by atoms with Crippen LogP contribution in [-0.4, -0.2) is 42.6 Å². The van der Waals surface area contributed by atoms with Crippen molar-refractivity contribution in [1.82, 2.24) is 4.90 Å². The van der Waals surface area contributed by atoms with Gasteiger partial charge in [-0.1, -0.05) is 22.4 Å². The Balaban J connectivity index is 1.88. The van der Waals surface area contributed by atoms with Crippen LogP contribution < -0.4 is 0 Å². The minimum absolute atomic E-state index is 0.419. The Hall–Kier alpha value is 0.400. The Bertz CT molecular complexity index is 212. The van der Waals surface area contributed by atoms with E-state index >= 15 is 0 Å². The van der Waals surface area contributed by atoms with Gasteiger partial charge in [0.25, 0.3) is 0 Å². The first-order chi connectivity index (χ1) is 7.17. The molecule has 88 valence electrons. The summed E-state index contributed by atoms with van der Waals surface area (Å²) >= 11 is 3.68. The second-order valence-corrected chi connectivity index (χ2v) is 5.89. The van der Waals surface area contributed by atoms with E-state index in [4.69, 9.17) is 4.74 Å². The third-order valence-electron chi connectivity index (χ3n) is 4.18. The highest BCUT2D eigenvalue weighted by atomic mass is 79.9. The van der Waals surface area contributed by atoms with E-state index in [1.807, 2.05) is 0 Å². The van der Waals surface area contributed by atoms with Crippen LogP contribution in [-0.2, 0) is 4.74 Å². The standard InChI is InChI=1S/C12H22BrNO/c1-10-11(4-7-15-10)14(2)9-12(8-13)5-3-6-12/h10-11H,3-9H2,1-2H3. The lowest BCUT2D eigenvalue weighted by atomic mass is 9.70. The van der Waals surface area contributed by atoms with Crippen molar-refractivity contribution in [2.75, 3.05) is 25.5 Å². The maximum absolute atomic E-state index is 5.63.